The Kier molecular flexibility index (Phi) is 5.98. The molecule has 0 aliphatic heterocycles. The van der Waals surface area contributed by atoms with Gasteiger partial charge in [0, 0.05) is 6.08 Å². The van der Waals surface area contributed by atoms with Crippen molar-refractivity contribution in [2.75, 3.05) is 0 Å². The average Bonchev–Trinajstić information content (AvgIpc) is 2.53. The number of hydrogen-bond acceptors (Lipinski definition) is 2. The number of rotatable bonds is 6. The third kappa shape index (κ3) is 5.62. The highest BCUT2D eigenvalue weighted by Gasteiger charge is 2.06. The summed E-state index contributed by atoms with van der Waals surface area (Å²) in [5.41, 5.74) is 2.02. The monoisotopic (exact) mass is 309 g/mol. The molecular formula is C20H23NO2. The molecule has 0 heterocycles. The maximum absolute atomic E-state index is 12.0. The van der Waals surface area contributed by atoms with Crippen molar-refractivity contribution in [3.05, 3.63) is 71.8 Å². The topological polar surface area (TPSA) is 38.3 Å². The highest BCUT2D eigenvalue weighted by Crippen LogP contribution is 2.16. The van der Waals surface area contributed by atoms with Gasteiger partial charge in [-0.25, -0.2) is 0 Å². The fraction of sp³-hybridized carbons (Fsp3) is 0.250. The molecule has 0 aromatic heterocycles. The molecule has 0 aliphatic carbocycles. The Morgan fingerprint density at radius 2 is 1.78 bits per heavy atom. The first-order chi connectivity index (χ1) is 11.0. The highest BCUT2D eigenvalue weighted by molar-refractivity contribution is 5.92. The molecule has 1 amide bonds. The number of benzene rings is 2. The van der Waals surface area contributed by atoms with Gasteiger partial charge >= 0.3 is 0 Å². The van der Waals surface area contributed by atoms with E-state index in [1.807, 2.05) is 75.4 Å². The Balaban J connectivity index is 1.96. The van der Waals surface area contributed by atoms with Gasteiger partial charge in [0.15, 0.2) is 0 Å². The van der Waals surface area contributed by atoms with Crippen LogP contribution in [-0.2, 0) is 4.79 Å². The first kappa shape index (κ1) is 16.8. The Bertz CT molecular complexity index is 662. The molecule has 120 valence electrons. The maximum atomic E-state index is 12.0. The summed E-state index contributed by atoms with van der Waals surface area (Å²) in [6.07, 6.45) is 3.47. The van der Waals surface area contributed by atoms with E-state index in [4.69, 9.17) is 4.74 Å². The summed E-state index contributed by atoms with van der Waals surface area (Å²) in [4.78, 5) is 12.0. The number of amides is 1. The predicted molar refractivity (Wildman–Crippen MR) is 94.2 cm³/mol. The van der Waals surface area contributed by atoms with E-state index in [2.05, 4.69) is 5.32 Å². The fourth-order valence-electron chi connectivity index (χ4n) is 2.22. The SMILES string of the molecule is CC(C)Oc1cccc(/C=C/C(=O)NC(C)c2ccccc2)c1. The largest absolute Gasteiger partial charge is 0.491 e. The number of carbonyl (C=O) groups excluding carboxylic acids is 1. The fourth-order valence-corrected chi connectivity index (χ4v) is 2.22. The van der Waals surface area contributed by atoms with Crippen molar-refractivity contribution < 1.29 is 9.53 Å². The number of carbonyl (C=O) groups is 1. The minimum atomic E-state index is -0.114. The van der Waals surface area contributed by atoms with Gasteiger partial charge in [-0.1, -0.05) is 42.5 Å². The van der Waals surface area contributed by atoms with Gasteiger partial charge in [0.2, 0.25) is 5.91 Å². The van der Waals surface area contributed by atoms with Gasteiger partial charge in [0.05, 0.1) is 12.1 Å². The van der Waals surface area contributed by atoms with Gasteiger partial charge in [0.25, 0.3) is 0 Å². The molecule has 23 heavy (non-hydrogen) atoms. The molecule has 0 saturated heterocycles. The molecule has 3 heteroatoms. The normalized spacial score (nSPS) is 12.3. The van der Waals surface area contributed by atoms with Crippen molar-refractivity contribution in [2.45, 2.75) is 32.9 Å². The van der Waals surface area contributed by atoms with E-state index in [0.717, 1.165) is 16.9 Å². The summed E-state index contributed by atoms with van der Waals surface area (Å²) in [7, 11) is 0. The van der Waals surface area contributed by atoms with Crippen molar-refractivity contribution >= 4 is 12.0 Å². The molecule has 3 nitrogen and oxygen atoms in total. The first-order valence-electron chi connectivity index (χ1n) is 7.85. The third-order valence-corrected chi connectivity index (χ3v) is 3.32. The lowest BCUT2D eigenvalue weighted by Gasteiger charge is -2.12. The van der Waals surface area contributed by atoms with Crippen molar-refractivity contribution in [1.82, 2.24) is 5.32 Å². The second-order valence-electron chi connectivity index (χ2n) is 5.71. The summed E-state index contributed by atoms with van der Waals surface area (Å²) >= 11 is 0. The Hall–Kier alpha value is -2.55. The van der Waals surface area contributed by atoms with Crippen LogP contribution < -0.4 is 10.1 Å². The molecule has 0 spiro atoms. The summed E-state index contributed by atoms with van der Waals surface area (Å²) in [6.45, 7) is 5.94. The van der Waals surface area contributed by atoms with Gasteiger partial charge in [-0.05, 0) is 50.1 Å². The van der Waals surface area contributed by atoms with Gasteiger partial charge in [-0.15, -0.1) is 0 Å². The van der Waals surface area contributed by atoms with Crippen molar-refractivity contribution in [2.24, 2.45) is 0 Å². The number of hydrogen-bond donors (Lipinski definition) is 1. The van der Waals surface area contributed by atoms with Crippen LogP contribution in [0.3, 0.4) is 0 Å². The predicted octanol–water partition coefficient (Wildman–Crippen LogP) is 4.36. The molecule has 2 rings (SSSR count). The third-order valence-electron chi connectivity index (χ3n) is 3.32. The minimum absolute atomic E-state index is 0.0241. The molecule has 2 aromatic rings. The van der Waals surface area contributed by atoms with Crippen LogP contribution in [0.5, 0.6) is 5.75 Å². The van der Waals surface area contributed by atoms with Crippen LogP contribution in [-0.4, -0.2) is 12.0 Å². The molecule has 1 atom stereocenters. The summed E-state index contributed by atoms with van der Waals surface area (Å²) in [5.74, 6) is 0.691. The molecule has 0 saturated carbocycles. The van der Waals surface area contributed by atoms with Gasteiger partial charge in [-0.2, -0.15) is 0 Å². The Labute approximate surface area is 138 Å². The molecule has 1 N–H and O–H groups in total. The van der Waals surface area contributed by atoms with E-state index in [1.165, 1.54) is 0 Å². The molecule has 1 unspecified atom stereocenters. The van der Waals surface area contributed by atoms with Gasteiger partial charge in [-0.3, -0.25) is 4.79 Å². The molecular weight excluding hydrogens is 286 g/mol. The lowest BCUT2D eigenvalue weighted by Crippen LogP contribution is -2.24. The van der Waals surface area contributed by atoms with Crippen LogP contribution in [0.4, 0.5) is 0 Å². The van der Waals surface area contributed by atoms with E-state index in [9.17, 15) is 4.79 Å². The molecule has 0 fully saturated rings. The first-order valence-corrected chi connectivity index (χ1v) is 7.85. The van der Waals surface area contributed by atoms with Crippen LogP contribution in [0.1, 0.15) is 37.9 Å². The van der Waals surface area contributed by atoms with E-state index < -0.39 is 0 Å². The zero-order valence-electron chi connectivity index (χ0n) is 13.8. The second kappa shape index (κ2) is 8.18. The van der Waals surface area contributed by atoms with Crippen molar-refractivity contribution in [3.63, 3.8) is 0 Å². The summed E-state index contributed by atoms with van der Waals surface area (Å²) in [5, 5.41) is 2.96. The van der Waals surface area contributed by atoms with E-state index in [-0.39, 0.29) is 18.1 Å². The molecule has 2 aromatic carbocycles. The van der Waals surface area contributed by atoms with Gasteiger partial charge in [0.1, 0.15) is 5.75 Å². The van der Waals surface area contributed by atoms with Crippen molar-refractivity contribution in [1.29, 1.82) is 0 Å². The number of ether oxygens (including phenoxy) is 1. The van der Waals surface area contributed by atoms with Crippen molar-refractivity contribution in [3.8, 4) is 5.75 Å². The zero-order valence-corrected chi connectivity index (χ0v) is 13.8. The van der Waals surface area contributed by atoms with Gasteiger partial charge < -0.3 is 10.1 Å². The lowest BCUT2D eigenvalue weighted by molar-refractivity contribution is -0.117. The average molecular weight is 309 g/mol. The molecule has 0 aliphatic rings. The lowest BCUT2D eigenvalue weighted by atomic mass is 10.1. The Morgan fingerprint density at radius 3 is 2.48 bits per heavy atom. The van der Waals surface area contributed by atoms with Crippen LogP contribution in [0.25, 0.3) is 6.08 Å². The van der Waals surface area contributed by atoms with Crippen LogP contribution in [0.2, 0.25) is 0 Å². The molecule has 0 bridgehead atoms. The summed E-state index contributed by atoms with van der Waals surface area (Å²) in [6, 6.07) is 17.6. The van der Waals surface area contributed by atoms with E-state index >= 15 is 0 Å². The van der Waals surface area contributed by atoms with Crippen LogP contribution in [0, 0.1) is 0 Å². The standard InChI is InChI=1S/C20H23NO2/c1-15(2)23-19-11-7-8-17(14-19)12-13-20(22)21-16(3)18-9-5-4-6-10-18/h4-16H,1-3H3,(H,21,22)/b13-12+. The smallest absolute Gasteiger partial charge is 0.244 e. The second-order valence-corrected chi connectivity index (χ2v) is 5.71. The van der Waals surface area contributed by atoms with Crippen LogP contribution in [0.15, 0.2) is 60.7 Å². The maximum Gasteiger partial charge on any atom is 0.244 e. The van der Waals surface area contributed by atoms with E-state index in [1.54, 1.807) is 12.2 Å². The molecule has 0 radical (unpaired) electrons. The number of nitrogens with one attached hydrogen (secondary N) is 1. The highest BCUT2D eigenvalue weighted by atomic mass is 16.5. The summed E-state index contributed by atoms with van der Waals surface area (Å²) < 4.78 is 5.65. The zero-order chi connectivity index (χ0) is 16.7. The quantitative estimate of drug-likeness (QED) is 0.805. The van der Waals surface area contributed by atoms with Crippen LogP contribution >= 0.6 is 0 Å². The Morgan fingerprint density at radius 1 is 1.04 bits per heavy atom. The minimum Gasteiger partial charge on any atom is -0.491 e. The van der Waals surface area contributed by atoms with E-state index in [0.29, 0.717) is 0 Å².